The monoisotopic (exact) mass is 404 g/mol. The van der Waals surface area contributed by atoms with Crippen LogP contribution in [0.1, 0.15) is 24.2 Å². The van der Waals surface area contributed by atoms with Crippen molar-refractivity contribution < 1.29 is 22.7 Å². The molecule has 0 radical (unpaired) electrons. The van der Waals surface area contributed by atoms with Crippen molar-refractivity contribution in [1.82, 2.24) is 19.4 Å². The molecule has 29 heavy (non-hydrogen) atoms. The SMILES string of the molecule is O=C(OCc1ccccc1)N1CCC[C@@H]1Cn1c(C(F)(F)F)nc2cccnc21. The Morgan fingerprint density at radius 2 is 1.97 bits per heavy atom. The molecule has 1 atom stereocenters. The zero-order valence-corrected chi connectivity index (χ0v) is 15.5. The number of hydrogen-bond acceptors (Lipinski definition) is 4. The minimum Gasteiger partial charge on any atom is -0.445 e. The number of fused-ring (bicyclic) bond motifs is 1. The first-order chi connectivity index (χ1) is 13.9. The van der Waals surface area contributed by atoms with E-state index in [2.05, 4.69) is 9.97 Å². The summed E-state index contributed by atoms with van der Waals surface area (Å²) in [4.78, 5) is 21.8. The number of ether oxygens (including phenoxy) is 1. The molecule has 6 nitrogen and oxygen atoms in total. The minimum absolute atomic E-state index is 0.0389. The van der Waals surface area contributed by atoms with Crippen molar-refractivity contribution in [2.75, 3.05) is 6.54 Å². The molecular weight excluding hydrogens is 385 g/mol. The van der Waals surface area contributed by atoms with E-state index in [1.165, 1.54) is 17.2 Å². The maximum absolute atomic E-state index is 13.5. The fraction of sp³-hybridized carbons (Fsp3) is 0.350. The third kappa shape index (κ3) is 4.03. The molecule has 152 valence electrons. The van der Waals surface area contributed by atoms with Gasteiger partial charge in [0.25, 0.3) is 0 Å². The number of carbonyl (C=O) groups is 1. The predicted octanol–water partition coefficient (Wildman–Crippen LogP) is 4.25. The summed E-state index contributed by atoms with van der Waals surface area (Å²) in [6.45, 7) is 0.523. The van der Waals surface area contributed by atoms with Crippen LogP contribution in [0, 0.1) is 0 Å². The Balaban J connectivity index is 1.53. The number of alkyl halides is 3. The van der Waals surface area contributed by atoms with Crippen LogP contribution in [0.3, 0.4) is 0 Å². The van der Waals surface area contributed by atoms with E-state index in [4.69, 9.17) is 4.74 Å². The van der Waals surface area contributed by atoms with E-state index >= 15 is 0 Å². The summed E-state index contributed by atoms with van der Waals surface area (Å²) in [6, 6.07) is 11.9. The van der Waals surface area contributed by atoms with Gasteiger partial charge in [-0.15, -0.1) is 0 Å². The summed E-state index contributed by atoms with van der Waals surface area (Å²) in [5.74, 6) is -1.00. The molecule has 1 saturated heterocycles. The number of imidazole rings is 1. The lowest BCUT2D eigenvalue weighted by Gasteiger charge is -2.25. The molecule has 1 amide bonds. The summed E-state index contributed by atoms with van der Waals surface area (Å²) in [7, 11) is 0. The Kier molecular flexibility index (Phi) is 5.12. The van der Waals surface area contributed by atoms with E-state index in [-0.39, 0.29) is 24.3 Å². The Bertz CT molecular complexity index is 1000. The van der Waals surface area contributed by atoms with Crippen molar-refractivity contribution in [3.8, 4) is 0 Å². The molecule has 0 spiro atoms. The number of aromatic nitrogens is 3. The molecule has 9 heteroatoms. The quantitative estimate of drug-likeness (QED) is 0.652. The van der Waals surface area contributed by atoms with E-state index in [1.807, 2.05) is 30.3 Å². The van der Waals surface area contributed by atoms with Crippen LogP contribution in [0.15, 0.2) is 48.7 Å². The number of benzene rings is 1. The van der Waals surface area contributed by atoms with E-state index in [9.17, 15) is 18.0 Å². The average molecular weight is 404 g/mol. The Hall–Kier alpha value is -3.10. The van der Waals surface area contributed by atoms with Gasteiger partial charge in [0.15, 0.2) is 5.65 Å². The molecule has 0 saturated carbocycles. The van der Waals surface area contributed by atoms with Crippen molar-refractivity contribution in [1.29, 1.82) is 0 Å². The topological polar surface area (TPSA) is 60.2 Å². The van der Waals surface area contributed by atoms with E-state index in [0.717, 1.165) is 10.1 Å². The van der Waals surface area contributed by atoms with Gasteiger partial charge in [-0.3, -0.25) is 0 Å². The first-order valence-electron chi connectivity index (χ1n) is 9.29. The molecule has 2 aromatic heterocycles. The number of likely N-dealkylation sites (tertiary alicyclic amines) is 1. The Morgan fingerprint density at radius 1 is 1.17 bits per heavy atom. The van der Waals surface area contributed by atoms with Crippen LogP contribution in [0.5, 0.6) is 0 Å². The van der Waals surface area contributed by atoms with Gasteiger partial charge < -0.3 is 14.2 Å². The van der Waals surface area contributed by atoms with Gasteiger partial charge in [0.05, 0.1) is 6.04 Å². The van der Waals surface area contributed by atoms with Crippen LogP contribution < -0.4 is 0 Å². The highest BCUT2D eigenvalue weighted by Crippen LogP contribution is 2.32. The van der Waals surface area contributed by atoms with Gasteiger partial charge in [0.2, 0.25) is 5.82 Å². The summed E-state index contributed by atoms with van der Waals surface area (Å²) in [5.41, 5.74) is 1.18. The molecule has 0 unspecified atom stereocenters. The highest BCUT2D eigenvalue weighted by Gasteiger charge is 2.40. The lowest BCUT2D eigenvalue weighted by molar-refractivity contribution is -0.147. The smallest absolute Gasteiger partial charge is 0.445 e. The number of nitrogens with zero attached hydrogens (tertiary/aromatic N) is 4. The predicted molar refractivity (Wildman–Crippen MR) is 98.9 cm³/mol. The normalized spacial score (nSPS) is 17.1. The van der Waals surface area contributed by atoms with E-state index in [0.29, 0.717) is 19.4 Å². The van der Waals surface area contributed by atoms with Crippen molar-refractivity contribution >= 4 is 17.3 Å². The van der Waals surface area contributed by atoms with Gasteiger partial charge in [0.1, 0.15) is 12.1 Å². The third-order valence-corrected chi connectivity index (χ3v) is 4.97. The second kappa shape index (κ2) is 7.73. The minimum atomic E-state index is -4.61. The van der Waals surface area contributed by atoms with Gasteiger partial charge in [-0.25, -0.2) is 14.8 Å². The molecule has 1 fully saturated rings. The molecule has 4 rings (SSSR count). The molecule has 3 aromatic rings. The standard InChI is InChI=1S/C20H19F3N4O2/c21-20(22,23)18-25-16-9-4-10-24-17(16)27(18)12-15-8-5-11-26(15)19(28)29-13-14-6-2-1-3-7-14/h1-4,6-7,9-10,15H,5,8,11-13H2/t15-/m1/s1. The molecule has 0 aliphatic carbocycles. The van der Waals surface area contributed by atoms with Crippen molar-refractivity contribution in [3.05, 3.63) is 60.0 Å². The fourth-order valence-corrected chi connectivity index (χ4v) is 3.63. The number of amides is 1. The largest absolute Gasteiger partial charge is 0.449 e. The van der Waals surface area contributed by atoms with Crippen LogP contribution in [0.4, 0.5) is 18.0 Å². The van der Waals surface area contributed by atoms with Crippen LogP contribution in [0.2, 0.25) is 0 Å². The van der Waals surface area contributed by atoms with Crippen molar-refractivity contribution in [2.45, 2.75) is 38.2 Å². The second-order valence-corrected chi connectivity index (χ2v) is 6.92. The summed E-state index contributed by atoms with van der Waals surface area (Å²) in [5, 5.41) is 0. The number of halogens is 3. The third-order valence-electron chi connectivity index (χ3n) is 4.97. The average Bonchev–Trinajstić information content (AvgIpc) is 3.32. The maximum atomic E-state index is 13.5. The van der Waals surface area contributed by atoms with Gasteiger partial charge >= 0.3 is 12.3 Å². The number of hydrogen-bond donors (Lipinski definition) is 0. The number of rotatable bonds is 4. The number of pyridine rings is 1. The van der Waals surface area contributed by atoms with Gasteiger partial charge in [0, 0.05) is 19.3 Å². The first-order valence-corrected chi connectivity index (χ1v) is 9.29. The second-order valence-electron chi connectivity index (χ2n) is 6.92. The molecular formula is C20H19F3N4O2. The van der Waals surface area contributed by atoms with Gasteiger partial charge in [-0.05, 0) is 30.5 Å². The molecule has 1 aromatic carbocycles. The molecule has 0 N–H and O–H groups in total. The lowest BCUT2D eigenvalue weighted by atomic mass is 10.2. The first kappa shape index (κ1) is 19.2. The Morgan fingerprint density at radius 3 is 2.72 bits per heavy atom. The highest BCUT2D eigenvalue weighted by molar-refractivity contribution is 5.71. The number of carbonyl (C=O) groups excluding carboxylic acids is 1. The van der Waals surface area contributed by atoms with Crippen LogP contribution in [-0.2, 0) is 24.1 Å². The van der Waals surface area contributed by atoms with Crippen LogP contribution >= 0.6 is 0 Å². The summed E-state index contributed by atoms with van der Waals surface area (Å²) >= 11 is 0. The summed E-state index contributed by atoms with van der Waals surface area (Å²) in [6.07, 6.45) is -2.42. The van der Waals surface area contributed by atoms with E-state index < -0.39 is 24.1 Å². The fourth-order valence-electron chi connectivity index (χ4n) is 3.63. The van der Waals surface area contributed by atoms with Crippen LogP contribution in [-0.4, -0.2) is 38.1 Å². The van der Waals surface area contributed by atoms with Gasteiger partial charge in [-0.2, -0.15) is 13.2 Å². The van der Waals surface area contributed by atoms with Crippen molar-refractivity contribution in [2.24, 2.45) is 0 Å². The maximum Gasteiger partial charge on any atom is 0.449 e. The van der Waals surface area contributed by atoms with E-state index in [1.54, 1.807) is 6.07 Å². The van der Waals surface area contributed by atoms with Crippen molar-refractivity contribution in [3.63, 3.8) is 0 Å². The molecule has 1 aliphatic rings. The highest BCUT2D eigenvalue weighted by atomic mass is 19.4. The van der Waals surface area contributed by atoms with Crippen LogP contribution in [0.25, 0.3) is 11.2 Å². The zero-order valence-electron chi connectivity index (χ0n) is 15.5. The Labute approximate surface area is 164 Å². The molecule has 1 aliphatic heterocycles. The zero-order chi connectivity index (χ0) is 20.4. The molecule has 0 bridgehead atoms. The summed E-state index contributed by atoms with van der Waals surface area (Å²) < 4.78 is 47.0. The molecule has 3 heterocycles. The van der Waals surface area contributed by atoms with Gasteiger partial charge in [-0.1, -0.05) is 30.3 Å². The lowest BCUT2D eigenvalue weighted by Crippen LogP contribution is -2.39.